The van der Waals surface area contributed by atoms with Crippen LogP contribution >= 0.6 is 11.6 Å². The van der Waals surface area contributed by atoms with E-state index in [9.17, 15) is 8.78 Å². The molecule has 0 bridgehead atoms. The highest BCUT2D eigenvalue weighted by Gasteiger charge is 2.13. The third-order valence-electron chi connectivity index (χ3n) is 2.80. The maximum atomic E-state index is 13.6. The van der Waals surface area contributed by atoms with E-state index < -0.39 is 11.6 Å². The molecular formula is C14H11ClF2. The fourth-order valence-corrected chi connectivity index (χ4v) is 1.91. The SMILES string of the molecule is CC(c1ccc(Cl)cc1)c1ccc(F)cc1F. The zero-order valence-corrected chi connectivity index (χ0v) is 10.0. The fraction of sp³-hybridized carbons (Fsp3) is 0.143. The predicted molar refractivity (Wildman–Crippen MR) is 65.3 cm³/mol. The van der Waals surface area contributed by atoms with E-state index >= 15 is 0 Å². The van der Waals surface area contributed by atoms with Gasteiger partial charge >= 0.3 is 0 Å². The van der Waals surface area contributed by atoms with Gasteiger partial charge in [-0.15, -0.1) is 0 Å². The van der Waals surface area contributed by atoms with Crippen molar-refractivity contribution in [1.29, 1.82) is 0 Å². The summed E-state index contributed by atoms with van der Waals surface area (Å²) in [6.07, 6.45) is 0. The Morgan fingerprint density at radius 3 is 2.24 bits per heavy atom. The highest BCUT2D eigenvalue weighted by Crippen LogP contribution is 2.27. The van der Waals surface area contributed by atoms with Crippen LogP contribution < -0.4 is 0 Å². The van der Waals surface area contributed by atoms with Crippen LogP contribution in [0.4, 0.5) is 8.78 Å². The minimum absolute atomic E-state index is 0.132. The first-order chi connectivity index (χ1) is 8.08. The Hall–Kier alpha value is -1.41. The summed E-state index contributed by atoms with van der Waals surface area (Å²) in [5.41, 5.74) is 1.42. The smallest absolute Gasteiger partial charge is 0.129 e. The van der Waals surface area contributed by atoms with E-state index in [2.05, 4.69) is 0 Å². The van der Waals surface area contributed by atoms with Crippen molar-refractivity contribution in [2.45, 2.75) is 12.8 Å². The van der Waals surface area contributed by atoms with E-state index in [-0.39, 0.29) is 5.92 Å². The molecule has 0 aliphatic rings. The molecule has 2 aromatic rings. The topological polar surface area (TPSA) is 0 Å². The van der Waals surface area contributed by atoms with Gasteiger partial charge in [0.15, 0.2) is 0 Å². The van der Waals surface area contributed by atoms with Crippen molar-refractivity contribution in [2.75, 3.05) is 0 Å². The molecule has 0 saturated heterocycles. The monoisotopic (exact) mass is 252 g/mol. The molecule has 2 aromatic carbocycles. The largest absolute Gasteiger partial charge is 0.207 e. The molecule has 0 amide bonds. The lowest BCUT2D eigenvalue weighted by atomic mass is 9.93. The average Bonchev–Trinajstić information content (AvgIpc) is 2.29. The van der Waals surface area contributed by atoms with Crippen LogP contribution in [0.5, 0.6) is 0 Å². The van der Waals surface area contributed by atoms with Crippen LogP contribution in [0, 0.1) is 11.6 Å². The number of hydrogen-bond donors (Lipinski definition) is 0. The van der Waals surface area contributed by atoms with Crippen LogP contribution in [0.2, 0.25) is 5.02 Å². The average molecular weight is 253 g/mol. The second-order valence-corrected chi connectivity index (χ2v) is 4.38. The normalized spacial score (nSPS) is 12.5. The minimum atomic E-state index is -0.561. The second kappa shape index (κ2) is 4.84. The zero-order valence-electron chi connectivity index (χ0n) is 9.25. The minimum Gasteiger partial charge on any atom is -0.207 e. The van der Waals surface area contributed by atoms with Crippen molar-refractivity contribution < 1.29 is 8.78 Å². The molecular weight excluding hydrogens is 242 g/mol. The molecule has 0 spiro atoms. The lowest BCUT2D eigenvalue weighted by molar-refractivity contribution is 0.568. The zero-order chi connectivity index (χ0) is 12.4. The fourth-order valence-electron chi connectivity index (χ4n) is 1.78. The molecule has 17 heavy (non-hydrogen) atoms. The highest BCUT2D eigenvalue weighted by molar-refractivity contribution is 6.30. The molecule has 2 rings (SSSR count). The molecule has 0 heterocycles. The molecule has 0 aromatic heterocycles. The molecule has 0 saturated carbocycles. The quantitative estimate of drug-likeness (QED) is 0.722. The van der Waals surface area contributed by atoms with Gasteiger partial charge in [-0.3, -0.25) is 0 Å². The van der Waals surface area contributed by atoms with E-state index in [0.29, 0.717) is 10.6 Å². The third kappa shape index (κ3) is 2.64. The summed E-state index contributed by atoms with van der Waals surface area (Å²) in [4.78, 5) is 0. The summed E-state index contributed by atoms with van der Waals surface area (Å²) in [6.45, 7) is 1.87. The van der Waals surface area contributed by atoms with E-state index in [1.165, 1.54) is 12.1 Å². The molecule has 0 N–H and O–H groups in total. The molecule has 0 fully saturated rings. The Bertz CT molecular complexity index is 520. The van der Waals surface area contributed by atoms with Crippen LogP contribution in [0.3, 0.4) is 0 Å². The molecule has 0 aliphatic carbocycles. The first-order valence-electron chi connectivity index (χ1n) is 5.28. The van der Waals surface area contributed by atoms with Crippen molar-refractivity contribution in [3.8, 4) is 0 Å². The van der Waals surface area contributed by atoms with Gasteiger partial charge in [-0.1, -0.05) is 36.7 Å². The van der Waals surface area contributed by atoms with Gasteiger partial charge in [-0.2, -0.15) is 0 Å². The Kier molecular flexibility index (Phi) is 3.43. The third-order valence-corrected chi connectivity index (χ3v) is 3.05. The van der Waals surface area contributed by atoms with E-state index in [0.717, 1.165) is 11.6 Å². The molecule has 0 radical (unpaired) electrons. The van der Waals surface area contributed by atoms with Crippen LogP contribution in [0.15, 0.2) is 42.5 Å². The lowest BCUT2D eigenvalue weighted by Crippen LogP contribution is -1.99. The van der Waals surface area contributed by atoms with Gasteiger partial charge < -0.3 is 0 Å². The summed E-state index contributed by atoms with van der Waals surface area (Å²) in [7, 11) is 0. The van der Waals surface area contributed by atoms with E-state index in [4.69, 9.17) is 11.6 Å². The van der Waals surface area contributed by atoms with Gasteiger partial charge in [-0.25, -0.2) is 8.78 Å². The standard InChI is InChI=1S/C14H11ClF2/c1-9(10-2-4-11(15)5-3-10)13-7-6-12(16)8-14(13)17/h2-9H,1H3. The maximum Gasteiger partial charge on any atom is 0.129 e. The number of hydrogen-bond acceptors (Lipinski definition) is 0. The maximum absolute atomic E-state index is 13.6. The molecule has 0 nitrogen and oxygen atoms in total. The molecule has 3 heteroatoms. The van der Waals surface area contributed by atoms with E-state index in [1.54, 1.807) is 12.1 Å². The summed E-state index contributed by atoms with van der Waals surface area (Å²) < 4.78 is 26.4. The predicted octanol–water partition coefficient (Wildman–Crippen LogP) is 4.77. The molecule has 88 valence electrons. The number of halogens is 3. The summed E-state index contributed by atoms with van der Waals surface area (Å²) >= 11 is 5.79. The van der Waals surface area contributed by atoms with Crippen molar-refractivity contribution in [2.24, 2.45) is 0 Å². The first-order valence-corrected chi connectivity index (χ1v) is 5.66. The Balaban J connectivity index is 2.36. The van der Waals surface area contributed by atoms with Gasteiger partial charge in [0.2, 0.25) is 0 Å². The number of rotatable bonds is 2. The Morgan fingerprint density at radius 2 is 1.65 bits per heavy atom. The second-order valence-electron chi connectivity index (χ2n) is 3.94. The van der Waals surface area contributed by atoms with Gasteiger partial charge in [-0.05, 0) is 29.3 Å². The van der Waals surface area contributed by atoms with E-state index in [1.807, 2.05) is 19.1 Å². The van der Waals surface area contributed by atoms with Crippen LogP contribution in [-0.4, -0.2) is 0 Å². The van der Waals surface area contributed by atoms with Crippen molar-refractivity contribution >= 4 is 11.6 Å². The van der Waals surface area contributed by atoms with Crippen molar-refractivity contribution in [1.82, 2.24) is 0 Å². The lowest BCUT2D eigenvalue weighted by Gasteiger charge is -2.13. The number of benzene rings is 2. The van der Waals surface area contributed by atoms with Crippen molar-refractivity contribution in [3.63, 3.8) is 0 Å². The van der Waals surface area contributed by atoms with Crippen LogP contribution in [0.25, 0.3) is 0 Å². The van der Waals surface area contributed by atoms with Crippen LogP contribution in [-0.2, 0) is 0 Å². The Morgan fingerprint density at radius 1 is 1.00 bits per heavy atom. The summed E-state index contributed by atoms with van der Waals surface area (Å²) in [6, 6.07) is 10.9. The molecule has 1 atom stereocenters. The van der Waals surface area contributed by atoms with Gasteiger partial charge in [0, 0.05) is 17.0 Å². The van der Waals surface area contributed by atoms with Gasteiger partial charge in [0.25, 0.3) is 0 Å². The first kappa shape index (κ1) is 12.1. The van der Waals surface area contributed by atoms with Crippen molar-refractivity contribution in [3.05, 3.63) is 70.2 Å². The summed E-state index contributed by atoms with van der Waals surface area (Å²) in [5, 5.41) is 0.639. The highest BCUT2D eigenvalue weighted by atomic mass is 35.5. The molecule has 0 aliphatic heterocycles. The molecule has 1 unspecified atom stereocenters. The van der Waals surface area contributed by atoms with Crippen LogP contribution in [0.1, 0.15) is 24.0 Å². The Labute approximate surface area is 104 Å². The summed E-state index contributed by atoms with van der Waals surface area (Å²) in [5.74, 6) is -1.21. The van der Waals surface area contributed by atoms with Gasteiger partial charge in [0.05, 0.1) is 0 Å². The van der Waals surface area contributed by atoms with Gasteiger partial charge in [0.1, 0.15) is 11.6 Å².